The number of carbonyl (C=O) groups is 1. The Morgan fingerprint density at radius 2 is 1.71 bits per heavy atom. The largest absolute Gasteiger partial charge is 0.336 e. The smallest absolute Gasteiger partial charge is 0.238 e. The topological polar surface area (TPSA) is 57.7 Å². The van der Waals surface area contributed by atoms with E-state index in [-0.39, 0.29) is 24.0 Å². The zero-order valence-corrected chi connectivity index (χ0v) is 15.6. The van der Waals surface area contributed by atoms with E-state index in [0.717, 1.165) is 5.56 Å². The summed E-state index contributed by atoms with van der Waals surface area (Å²) in [6, 6.07) is 5.88. The minimum absolute atomic E-state index is 0.00317. The van der Waals surface area contributed by atoms with Crippen LogP contribution in [-0.4, -0.2) is 62.8 Å². The fourth-order valence-electron chi connectivity index (χ4n) is 2.27. The van der Waals surface area contributed by atoms with E-state index >= 15 is 0 Å². The van der Waals surface area contributed by atoms with Gasteiger partial charge in [-0.05, 0) is 37.7 Å². The van der Waals surface area contributed by atoms with E-state index in [0.29, 0.717) is 13.1 Å². The highest BCUT2D eigenvalue weighted by molar-refractivity contribution is 7.92. The van der Waals surface area contributed by atoms with Crippen LogP contribution in [0.1, 0.15) is 19.4 Å². The van der Waals surface area contributed by atoms with Gasteiger partial charge in [0.05, 0.1) is 5.75 Å². The zero-order chi connectivity index (χ0) is 18.3. The predicted molar refractivity (Wildman–Crippen MR) is 93.9 cm³/mol. The number of hydrogen-bond acceptors (Lipinski definition) is 4. The summed E-state index contributed by atoms with van der Waals surface area (Å²) in [7, 11) is 0.342. The zero-order valence-electron chi connectivity index (χ0n) is 14.8. The number of likely N-dealkylation sites (N-methyl/N-ethyl adjacent to an activating group) is 1. The fraction of sp³-hybridized carbons (Fsp3) is 0.588. The maximum atomic E-state index is 13.0. The number of amides is 1. The second-order valence-electron chi connectivity index (χ2n) is 6.69. The van der Waals surface area contributed by atoms with Gasteiger partial charge in [-0.15, -0.1) is 0 Å². The predicted octanol–water partition coefficient (Wildman–Crippen LogP) is 1.79. The molecule has 0 saturated heterocycles. The van der Waals surface area contributed by atoms with Crippen LogP contribution >= 0.6 is 0 Å². The van der Waals surface area contributed by atoms with Crippen LogP contribution in [0.4, 0.5) is 4.39 Å². The molecule has 0 aromatic heterocycles. The van der Waals surface area contributed by atoms with Crippen molar-refractivity contribution in [2.75, 3.05) is 38.7 Å². The summed E-state index contributed by atoms with van der Waals surface area (Å²) in [5.41, 5.74) is 0.768. The van der Waals surface area contributed by atoms with Crippen molar-refractivity contribution in [2.24, 2.45) is 5.92 Å². The van der Waals surface area contributed by atoms with Gasteiger partial charge < -0.3 is 9.80 Å². The molecule has 5 nitrogen and oxygen atoms in total. The van der Waals surface area contributed by atoms with E-state index in [4.69, 9.17) is 0 Å². The van der Waals surface area contributed by atoms with Crippen molar-refractivity contribution in [3.63, 3.8) is 0 Å². The van der Waals surface area contributed by atoms with Crippen molar-refractivity contribution >= 4 is 15.7 Å². The first-order valence-corrected chi connectivity index (χ1v) is 9.78. The van der Waals surface area contributed by atoms with Crippen LogP contribution in [0.25, 0.3) is 0 Å². The van der Waals surface area contributed by atoms with E-state index in [9.17, 15) is 17.6 Å². The molecule has 0 bridgehead atoms. The van der Waals surface area contributed by atoms with Crippen molar-refractivity contribution in [1.29, 1.82) is 0 Å². The van der Waals surface area contributed by atoms with Gasteiger partial charge in [-0.2, -0.15) is 0 Å². The normalized spacial score (nSPS) is 12.0. The van der Waals surface area contributed by atoms with Crippen LogP contribution in [0.3, 0.4) is 0 Å². The van der Waals surface area contributed by atoms with Gasteiger partial charge in [0, 0.05) is 19.6 Å². The van der Waals surface area contributed by atoms with Gasteiger partial charge in [-0.1, -0.05) is 26.0 Å². The molecule has 0 aliphatic carbocycles. The van der Waals surface area contributed by atoms with Crippen molar-refractivity contribution in [3.8, 4) is 0 Å². The Kier molecular flexibility index (Phi) is 7.83. The molecule has 1 rings (SSSR count). The Morgan fingerprint density at radius 1 is 1.12 bits per heavy atom. The first-order chi connectivity index (χ1) is 11.1. The lowest BCUT2D eigenvalue weighted by molar-refractivity contribution is -0.129. The molecule has 0 aliphatic rings. The third kappa shape index (κ3) is 7.88. The Labute approximate surface area is 144 Å². The summed E-state index contributed by atoms with van der Waals surface area (Å²) in [6.45, 7) is 4.93. The van der Waals surface area contributed by atoms with Crippen LogP contribution in [-0.2, 0) is 21.2 Å². The Morgan fingerprint density at radius 3 is 2.21 bits per heavy atom. The number of benzene rings is 1. The molecule has 0 atom stereocenters. The Hall–Kier alpha value is -1.47. The SMILES string of the molecule is CC(C)CS(=O)(=O)CC(=O)N(CCN(C)C)Cc1ccc(F)cc1. The number of hydrogen-bond donors (Lipinski definition) is 0. The molecule has 1 aromatic carbocycles. The quantitative estimate of drug-likeness (QED) is 0.675. The van der Waals surface area contributed by atoms with Gasteiger partial charge in [0.2, 0.25) is 5.91 Å². The fourth-order valence-corrected chi connectivity index (χ4v) is 3.96. The number of sulfone groups is 1. The molecule has 7 heteroatoms. The molecular weight excluding hydrogens is 331 g/mol. The molecular formula is C17H27FN2O3S. The van der Waals surface area contributed by atoms with Gasteiger partial charge >= 0.3 is 0 Å². The summed E-state index contributed by atoms with van der Waals surface area (Å²) in [4.78, 5) is 15.9. The second kappa shape index (κ2) is 9.13. The van der Waals surface area contributed by atoms with Crippen molar-refractivity contribution < 1.29 is 17.6 Å². The third-order valence-corrected chi connectivity index (χ3v) is 5.25. The van der Waals surface area contributed by atoms with Crippen LogP contribution < -0.4 is 0 Å². The molecule has 0 N–H and O–H groups in total. The van der Waals surface area contributed by atoms with E-state index < -0.39 is 21.5 Å². The van der Waals surface area contributed by atoms with E-state index in [1.54, 1.807) is 12.1 Å². The average molecular weight is 358 g/mol. The van der Waals surface area contributed by atoms with Gasteiger partial charge in [-0.3, -0.25) is 4.79 Å². The first-order valence-electron chi connectivity index (χ1n) is 7.96. The van der Waals surface area contributed by atoms with Gasteiger partial charge in [0.25, 0.3) is 0 Å². The highest BCUT2D eigenvalue weighted by Gasteiger charge is 2.23. The molecule has 136 valence electrons. The van der Waals surface area contributed by atoms with E-state index in [2.05, 4.69) is 0 Å². The standard InChI is InChI=1S/C17H27FN2O3S/c1-14(2)12-24(22,23)13-17(21)20(10-9-19(3)4)11-15-5-7-16(18)8-6-15/h5-8,14H,9-13H2,1-4H3. The molecule has 0 unspecified atom stereocenters. The highest BCUT2D eigenvalue weighted by Crippen LogP contribution is 2.09. The van der Waals surface area contributed by atoms with Gasteiger partial charge in [-0.25, -0.2) is 12.8 Å². The minimum Gasteiger partial charge on any atom is -0.336 e. The van der Waals surface area contributed by atoms with Gasteiger partial charge in [0.15, 0.2) is 9.84 Å². The second-order valence-corrected chi connectivity index (χ2v) is 8.80. The van der Waals surface area contributed by atoms with Crippen molar-refractivity contribution in [3.05, 3.63) is 35.6 Å². The summed E-state index contributed by atoms with van der Waals surface area (Å²) in [5, 5.41) is 0. The average Bonchev–Trinajstić information content (AvgIpc) is 2.43. The molecule has 0 heterocycles. The number of rotatable bonds is 9. The van der Waals surface area contributed by atoms with E-state index in [1.807, 2.05) is 32.8 Å². The van der Waals surface area contributed by atoms with Crippen molar-refractivity contribution in [1.82, 2.24) is 9.80 Å². The van der Waals surface area contributed by atoms with Crippen molar-refractivity contribution in [2.45, 2.75) is 20.4 Å². The van der Waals surface area contributed by atoms with Gasteiger partial charge in [0.1, 0.15) is 11.6 Å². The molecule has 0 aliphatic heterocycles. The van der Waals surface area contributed by atoms with Crippen LogP contribution in [0, 0.1) is 11.7 Å². The maximum Gasteiger partial charge on any atom is 0.238 e. The molecule has 0 fully saturated rings. The van der Waals surface area contributed by atoms with Crippen LogP contribution in [0.2, 0.25) is 0 Å². The lowest BCUT2D eigenvalue weighted by Gasteiger charge is -2.25. The maximum absolute atomic E-state index is 13.0. The molecule has 0 saturated carbocycles. The lowest BCUT2D eigenvalue weighted by Crippen LogP contribution is -2.40. The number of halogens is 1. The first kappa shape index (κ1) is 20.6. The third-order valence-electron chi connectivity index (χ3n) is 3.39. The Balaban J connectivity index is 2.83. The summed E-state index contributed by atoms with van der Waals surface area (Å²) < 4.78 is 37.2. The summed E-state index contributed by atoms with van der Waals surface area (Å²) in [6.07, 6.45) is 0. The van der Waals surface area contributed by atoms with Crippen LogP contribution in [0.5, 0.6) is 0 Å². The Bertz CT molecular complexity index is 628. The van der Waals surface area contributed by atoms with Crippen LogP contribution in [0.15, 0.2) is 24.3 Å². The number of nitrogens with zero attached hydrogens (tertiary/aromatic N) is 2. The van der Waals surface area contributed by atoms with E-state index in [1.165, 1.54) is 17.0 Å². The summed E-state index contributed by atoms with van der Waals surface area (Å²) >= 11 is 0. The highest BCUT2D eigenvalue weighted by atomic mass is 32.2. The lowest BCUT2D eigenvalue weighted by atomic mass is 10.2. The number of carbonyl (C=O) groups excluding carboxylic acids is 1. The molecule has 1 amide bonds. The molecule has 1 aromatic rings. The minimum atomic E-state index is -3.43. The summed E-state index contributed by atoms with van der Waals surface area (Å²) in [5.74, 6) is -1.27. The molecule has 24 heavy (non-hydrogen) atoms. The molecule has 0 spiro atoms. The molecule has 0 radical (unpaired) electrons. The monoisotopic (exact) mass is 358 g/mol.